The third-order valence-electron chi connectivity index (χ3n) is 11.9. The Morgan fingerprint density at radius 1 is 1.06 bits per heavy atom. The number of aliphatic carboxylic acids is 1. The Labute approximate surface area is 308 Å². The first-order valence-corrected chi connectivity index (χ1v) is 18.6. The second kappa shape index (κ2) is 12.1. The van der Waals surface area contributed by atoms with E-state index in [1.807, 2.05) is 31.2 Å². The molecular weight excluding hydrogens is 704 g/mol. The van der Waals surface area contributed by atoms with E-state index in [1.54, 1.807) is 56.5 Å². The minimum absolute atomic E-state index is 0.00257. The van der Waals surface area contributed by atoms with Gasteiger partial charge < -0.3 is 10.2 Å². The Hall–Kier alpha value is -4.81. The van der Waals surface area contributed by atoms with Gasteiger partial charge in [0.15, 0.2) is 0 Å². The summed E-state index contributed by atoms with van der Waals surface area (Å²) < 4.78 is 2.57. The molecule has 52 heavy (non-hydrogen) atoms. The molecule has 2 saturated heterocycles. The van der Waals surface area contributed by atoms with Gasteiger partial charge in [-0.2, -0.15) is 5.10 Å². The first-order chi connectivity index (χ1) is 24.7. The molecule has 4 heterocycles. The molecule has 4 amide bonds. The third kappa shape index (κ3) is 4.83. The van der Waals surface area contributed by atoms with Crippen LogP contribution < -0.4 is 4.90 Å². The summed E-state index contributed by atoms with van der Waals surface area (Å²) in [4.78, 5) is 71.9. The molecule has 2 aromatic carbocycles. The highest BCUT2D eigenvalue weighted by Crippen LogP contribution is 2.64. The van der Waals surface area contributed by atoms with E-state index >= 15 is 4.79 Å². The van der Waals surface area contributed by atoms with Crippen LogP contribution in [0.1, 0.15) is 55.2 Å². The summed E-state index contributed by atoms with van der Waals surface area (Å²) in [5.74, 6) is -5.83. The number of amides is 4. The van der Waals surface area contributed by atoms with Gasteiger partial charge in [0, 0.05) is 47.3 Å². The van der Waals surface area contributed by atoms with E-state index in [1.165, 1.54) is 14.5 Å². The maximum Gasteiger partial charge on any atom is 0.303 e. The molecule has 6 atom stereocenters. The molecule has 0 spiro atoms. The lowest BCUT2D eigenvalue weighted by Gasteiger charge is -2.49. The van der Waals surface area contributed by atoms with Crippen LogP contribution in [0.25, 0.3) is 20.7 Å². The van der Waals surface area contributed by atoms with Gasteiger partial charge in [0.2, 0.25) is 23.6 Å². The number of carboxylic acid groups (broad SMARTS) is 1. The molecule has 2 aliphatic heterocycles. The number of carboxylic acids is 1. The fourth-order valence-electron chi connectivity index (χ4n) is 9.38. The van der Waals surface area contributed by atoms with Crippen LogP contribution in [0.15, 0.2) is 54.1 Å². The van der Waals surface area contributed by atoms with Gasteiger partial charge in [-0.25, -0.2) is 4.90 Å². The van der Waals surface area contributed by atoms with Crippen molar-refractivity contribution in [2.45, 2.75) is 52.4 Å². The minimum atomic E-state index is -1.33. The van der Waals surface area contributed by atoms with Gasteiger partial charge in [-0.15, -0.1) is 11.3 Å². The highest BCUT2D eigenvalue weighted by atomic mass is 35.5. The number of nitrogens with zero attached hydrogens (tertiary/aromatic N) is 4. The topological polar surface area (TPSA) is 150 Å². The second-order valence-electron chi connectivity index (χ2n) is 14.7. The van der Waals surface area contributed by atoms with Crippen LogP contribution in [0.4, 0.5) is 5.82 Å². The standard InChI is InChI=1S/C39H37ClN4O7S/c1-18-7-5-8-23(33(18)47)32-21-11-12-22-31(37(50)43(35(22)48)14-6-9-30(45)46)25(21)16-26-36(49)44(38(51)39(26,32)3)29-17-27(41-42(29)4)34-19(2)24-15-20(40)10-13-28(24)52-34/h5,7-8,10-11,13,15,17,22,25-26,31-32,47H,6,9,12,14,16H2,1-4H3,(H,45,46). The minimum Gasteiger partial charge on any atom is -0.507 e. The molecule has 0 radical (unpaired) electrons. The van der Waals surface area contributed by atoms with Crippen molar-refractivity contribution < 1.29 is 34.2 Å². The summed E-state index contributed by atoms with van der Waals surface area (Å²) in [5, 5.41) is 27.1. The van der Waals surface area contributed by atoms with Crippen LogP contribution in [0, 0.1) is 42.9 Å². The lowest BCUT2D eigenvalue weighted by molar-refractivity contribution is -0.142. The molecule has 268 valence electrons. The number of aromatic nitrogens is 2. The Bertz CT molecular complexity index is 2290. The second-order valence-corrected chi connectivity index (χ2v) is 16.2. The summed E-state index contributed by atoms with van der Waals surface area (Å²) in [5.41, 5.74) is 2.13. The maximum absolute atomic E-state index is 15.0. The quantitative estimate of drug-likeness (QED) is 0.164. The van der Waals surface area contributed by atoms with Gasteiger partial charge in [-0.05, 0) is 80.7 Å². The Morgan fingerprint density at radius 2 is 1.83 bits per heavy atom. The van der Waals surface area contributed by atoms with E-state index in [9.17, 15) is 24.3 Å². The maximum atomic E-state index is 15.0. The third-order valence-corrected chi connectivity index (χ3v) is 13.5. The number of hydrogen-bond donors (Lipinski definition) is 2. The molecule has 6 unspecified atom stereocenters. The number of hydrogen-bond acceptors (Lipinski definition) is 8. The number of benzene rings is 2. The number of rotatable bonds is 7. The number of fused-ring (bicyclic) bond motifs is 5. The van der Waals surface area contributed by atoms with Gasteiger partial charge in [-0.1, -0.05) is 41.4 Å². The summed E-state index contributed by atoms with van der Waals surface area (Å²) in [6.45, 7) is 5.55. The Balaban J connectivity index is 1.22. The van der Waals surface area contributed by atoms with Crippen molar-refractivity contribution in [1.82, 2.24) is 14.7 Å². The molecule has 8 rings (SSSR count). The molecular formula is C39H37ClN4O7S. The monoisotopic (exact) mass is 740 g/mol. The number of phenols is 1. The van der Waals surface area contributed by atoms with E-state index in [0.717, 1.165) is 26.1 Å². The van der Waals surface area contributed by atoms with Gasteiger partial charge in [-0.3, -0.25) is 33.6 Å². The number of aromatic hydroxyl groups is 1. The smallest absolute Gasteiger partial charge is 0.303 e. The average Bonchev–Trinajstić information content (AvgIpc) is 3.77. The summed E-state index contributed by atoms with van der Waals surface area (Å²) >= 11 is 7.85. The fraction of sp³-hybridized carbons (Fsp3) is 0.385. The number of thiophene rings is 1. The van der Waals surface area contributed by atoms with Crippen molar-refractivity contribution in [3.8, 4) is 16.3 Å². The Kier molecular flexibility index (Phi) is 8.00. The first-order valence-electron chi connectivity index (χ1n) is 17.4. The van der Waals surface area contributed by atoms with Crippen LogP contribution in [0.3, 0.4) is 0 Å². The van der Waals surface area contributed by atoms with Gasteiger partial charge in [0.1, 0.15) is 17.3 Å². The predicted octanol–water partition coefficient (Wildman–Crippen LogP) is 6.37. The van der Waals surface area contributed by atoms with Crippen LogP contribution in [0.2, 0.25) is 5.02 Å². The number of halogens is 1. The van der Waals surface area contributed by atoms with E-state index in [2.05, 4.69) is 0 Å². The molecule has 0 bridgehead atoms. The van der Waals surface area contributed by atoms with Gasteiger partial charge >= 0.3 is 5.97 Å². The zero-order valence-corrected chi connectivity index (χ0v) is 30.6. The summed E-state index contributed by atoms with van der Waals surface area (Å²) in [6, 6.07) is 12.8. The molecule has 13 heteroatoms. The number of anilines is 1. The number of carbonyl (C=O) groups excluding carboxylic acids is 4. The molecule has 1 saturated carbocycles. The SMILES string of the molecule is Cc1cccc(C2C3=CCC4C(=O)N(CCCC(=O)O)C(=O)C4C3CC3C(=O)N(c4cc(-c5sc6ccc(Cl)cc6c5C)nn4C)C(=O)C32C)c1O. The normalized spacial score (nSPS) is 26.9. The highest BCUT2D eigenvalue weighted by molar-refractivity contribution is 7.22. The number of imide groups is 2. The number of allylic oxidation sites excluding steroid dienone is 2. The number of aryl methyl sites for hydroxylation is 3. The van der Waals surface area contributed by atoms with E-state index < -0.39 is 52.8 Å². The number of likely N-dealkylation sites (tertiary alicyclic amines) is 1. The van der Waals surface area contributed by atoms with Gasteiger partial charge in [0.05, 0.1) is 28.0 Å². The van der Waals surface area contributed by atoms with Gasteiger partial charge in [0.25, 0.3) is 0 Å². The zero-order valence-electron chi connectivity index (χ0n) is 29.1. The fourth-order valence-corrected chi connectivity index (χ4v) is 10.7. The van der Waals surface area contributed by atoms with Crippen molar-refractivity contribution in [3.05, 3.63) is 75.8 Å². The van der Waals surface area contributed by atoms with Crippen LogP contribution in [0.5, 0.6) is 5.75 Å². The summed E-state index contributed by atoms with van der Waals surface area (Å²) in [6.07, 6.45) is 2.33. The van der Waals surface area contributed by atoms with E-state index in [-0.39, 0.29) is 49.8 Å². The molecule has 2 aromatic heterocycles. The molecule has 3 fully saturated rings. The van der Waals surface area contributed by atoms with Crippen molar-refractivity contribution in [2.75, 3.05) is 11.4 Å². The first kappa shape index (κ1) is 34.3. The molecule has 2 N–H and O–H groups in total. The molecule has 2 aliphatic carbocycles. The van der Waals surface area contributed by atoms with Crippen molar-refractivity contribution in [3.63, 3.8) is 0 Å². The van der Waals surface area contributed by atoms with E-state index in [4.69, 9.17) is 21.8 Å². The molecule has 4 aliphatic rings. The lowest BCUT2D eigenvalue weighted by atomic mass is 9.51. The number of para-hydroxylation sites is 1. The van der Waals surface area contributed by atoms with Crippen LogP contribution in [-0.2, 0) is 31.0 Å². The number of carbonyl (C=O) groups is 5. The Morgan fingerprint density at radius 3 is 2.58 bits per heavy atom. The lowest BCUT2D eigenvalue weighted by Crippen LogP contribution is -2.49. The molecule has 4 aromatic rings. The number of phenolic OH excluding ortho intramolecular Hbond substituents is 1. The largest absolute Gasteiger partial charge is 0.507 e. The van der Waals surface area contributed by atoms with Crippen molar-refractivity contribution >= 4 is 68.4 Å². The van der Waals surface area contributed by atoms with Crippen molar-refractivity contribution in [1.29, 1.82) is 0 Å². The zero-order chi connectivity index (χ0) is 37.0. The van der Waals surface area contributed by atoms with Crippen LogP contribution in [-0.4, -0.2) is 61.0 Å². The average molecular weight is 741 g/mol. The summed E-state index contributed by atoms with van der Waals surface area (Å²) in [7, 11) is 1.70. The van der Waals surface area contributed by atoms with Crippen LogP contribution >= 0.6 is 22.9 Å². The van der Waals surface area contributed by atoms with E-state index in [0.29, 0.717) is 27.7 Å². The predicted molar refractivity (Wildman–Crippen MR) is 195 cm³/mol. The highest BCUT2D eigenvalue weighted by Gasteiger charge is 2.68. The molecule has 11 nitrogen and oxygen atoms in total. The van der Waals surface area contributed by atoms with Crippen molar-refractivity contribution in [2.24, 2.45) is 36.1 Å².